The van der Waals surface area contributed by atoms with Crippen molar-refractivity contribution in [1.29, 1.82) is 0 Å². The van der Waals surface area contributed by atoms with Crippen LogP contribution in [0, 0.1) is 0 Å². The molecule has 0 radical (unpaired) electrons. The number of hydrogen-bond donors (Lipinski definition) is 1. The molecule has 1 aliphatic heterocycles. The van der Waals surface area contributed by atoms with Gasteiger partial charge in [-0.15, -0.1) is 0 Å². The van der Waals surface area contributed by atoms with Crippen LogP contribution in [0.25, 0.3) is 0 Å². The third kappa shape index (κ3) is 5.52. The van der Waals surface area contributed by atoms with Crippen LogP contribution in [0.4, 0.5) is 5.69 Å². The van der Waals surface area contributed by atoms with Crippen molar-refractivity contribution in [1.82, 2.24) is 4.31 Å². The van der Waals surface area contributed by atoms with Crippen molar-refractivity contribution < 1.29 is 27.4 Å². The van der Waals surface area contributed by atoms with E-state index >= 15 is 0 Å². The van der Waals surface area contributed by atoms with E-state index in [4.69, 9.17) is 14.2 Å². The van der Waals surface area contributed by atoms with E-state index in [1.165, 1.54) is 23.5 Å². The number of sulfonamides is 1. The number of rotatable bonds is 9. The lowest BCUT2D eigenvalue weighted by atomic mass is 10.1. The van der Waals surface area contributed by atoms with Crippen LogP contribution in [-0.4, -0.2) is 53.0 Å². The first-order valence-corrected chi connectivity index (χ1v) is 12.0. The summed E-state index contributed by atoms with van der Waals surface area (Å²) in [4.78, 5) is 12.8. The second-order valence-electron chi connectivity index (χ2n) is 7.56. The Morgan fingerprint density at radius 2 is 1.56 bits per heavy atom. The molecular weight excluding hydrogens is 432 g/mol. The number of anilines is 1. The normalized spacial score (nSPS) is 14.6. The summed E-state index contributed by atoms with van der Waals surface area (Å²) in [5.41, 5.74) is 1.26. The van der Waals surface area contributed by atoms with E-state index in [2.05, 4.69) is 5.32 Å². The van der Waals surface area contributed by atoms with Gasteiger partial charge in [0.05, 0.1) is 31.9 Å². The number of piperidine rings is 1. The zero-order valence-electron chi connectivity index (χ0n) is 18.7. The Labute approximate surface area is 189 Å². The summed E-state index contributed by atoms with van der Waals surface area (Å²) >= 11 is 0. The van der Waals surface area contributed by atoms with Crippen LogP contribution in [0.5, 0.6) is 17.2 Å². The maximum atomic E-state index is 13.0. The summed E-state index contributed by atoms with van der Waals surface area (Å²) in [5, 5.41) is 2.80. The number of ether oxygens (including phenoxy) is 3. The Morgan fingerprint density at radius 3 is 2.22 bits per heavy atom. The first kappa shape index (κ1) is 23.9. The molecule has 1 aliphatic rings. The molecule has 0 bridgehead atoms. The second-order valence-corrected chi connectivity index (χ2v) is 9.50. The van der Waals surface area contributed by atoms with Crippen molar-refractivity contribution in [3.8, 4) is 17.2 Å². The van der Waals surface area contributed by atoms with E-state index < -0.39 is 10.0 Å². The standard InChI is InChI=1S/C23H30N2O6S/c1-29-20-11-9-18(32(27,28)25-13-5-4-6-14-25)16-19(20)24-23(26)12-8-17-7-10-21(30-2)22(15-17)31-3/h7,9-11,15-16H,4-6,8,12-14H2,1-3H3,(H,24,26). The van der Waals surface area contributed by atoms with Crippen LogP contribution >= 0.6 is 0 Å². The quantitative estimate of drug-likeness (QED) is 0.613. The topological polar surface area (TPSA) is 94.2 Å². The number of benzene rings is 2. The minimum atomic E-state index is -3.61. The largest absolute Gasteiger partial charge is 0.495 e. The molecule has 1 fully saturated rings. The highest BCUT2D eigenvalue weighted by molar-refractivity contribution is 7.89. The molecule has 2 aromatic carbocycles. The molecule has 9 heteroatoms. The Kier molecular flexibility index (Phi) is 7.98. The third-order valence-corrected chi connectivity index (χ3v) is 7.38. The van der Waals surface area contributed by atoms with E-state index in [1.54, 1.807) is 26.4 Å². The molecule has 1 N–H and O–H groups in total. The molecular formula is C23H30N2O6S. The monoisotopic (exact) mass is 462 g/mol. The Morgan fingerprint density at radius 1 is 0.906 bits per heavy atom. The number of nitrogens with one attached hydrogen (secondary N) is 1. The highest BCUT2D eigenvalue weighted by Gasteiger charge is 2.27. The van der Waals surface area contributed by atoms with E-state index in [0.717, 1.165) is 24.8 Å². The summed E-state index contributed by atoms with van der Waals surface area (Å²) in [6.07, 6.45) is 3.45. The predicted octanol–water partition coefficient (Wildman–Crippen LogP) is 3.46. The average molecular weight is 463 g/mol. The molecule has 1 heterocycles. The van der Waals surface area contributed by atoms with Crippen molar-refractivity contribution in [3.05, 3.63) is 42.0 Å². The van der Waals surface area contributed by atoms with Crippen molar-refractivity contribution in [3.63, 3.8) is 0 Å². The maximum Gasteiger partial charge on any atom is 0.243 e. The number of carbonyl (C=O) groups excluding carboxylic acids is 1. The molecule has 174 valence electrons. The molecule has 32 heavy (non-hydrogen) atoms. The van der Waals surface area contributed by atoms with Crippen LogP contribution < -0.4 is 19.5 Å². The number of amides is 1. The summed E-state index contributed by atoms with van der Waals surface area (Å²) in [6, 6.07) is 10.1. The second kappa shape index (κ2) is 10.7. The van der Waals surface area contributed by atoms with Gasteiger partial charge in [0.2, 0.25) is 15.9 Å². The van der Waals surface area contributed by atoms with Gasteiger partial charge in [-0.1, -0.05) is 12.5 Å². The van der Waals surface area contributed by atoms with Crippen LogP contribution in [0.3, 0.4) is 0 Å². The van der Waals surface area contributed by atoms with Crippen LogP contribution in [0.15, 0.2) is 41.3 Å². The average Bonchev–Trinajstić information content (AvgIpc) is 2.83. The fourth-order valence-corrected chi connectivity index (χ4v) is 5.25. The lowest BCUT2D eigenvalue weighted by Gasteiger charge is -2.26. The molecule has 0 atom stereocenters. The van der Waals surface area contributed by atoms with Crippen LogP contribution in [-0.2, 0) is 21.2 Å². The molecule has 3 rings (SSSR count). The van der Waals surface area contributed by atoms with E-state index in [1.807, 2.05) is 12.1 Å². The van der Waals surface area contributed by atoms with Gasteiger partial charge < -0.3 is 19.5 Å². The number of hydrogen-bond acceptors (Lipinski definition) is 6. The van der Waals surface area contributed by atoms with Crippen LogP contribution in [0.2, 0.25) is 0 Å². The molecule has 1 amide bonds. The Bertz CT molecular complexity index is 1050. The fourth-order valence-electron chi connectivity index (χ4n) is 3.71. The Hall–Kier alpha value is -2.78. The van der Waals surface area contributed by atoms with Crippen molar-refractivity contribution in [2.45, 2.75) is 37.0 Å². The lowest BCUT2D eigenvalue weighted by Crippen LogP contribution is -2.35. The first-order valence-electron chi connectivity index (χ1n) is 10.6. The predicted molar refractivity (Wildman–Crippen MR) is 122 cm³/mol. The molecule has 0 aromatic heterocycles. The fraction of sp³-hybridized carbons (Fsp3) is 0.435. The van der Waals surface area contributed by atoms with Gasteiger partial charge in [0.25, 0.3) is 0 Å². The van der Waals surface area contributed by atoms with Gasteiger partial charge >= 0.3 is 0 Å². The van der Waals surface area contributed by atoms with Gasteiger partial charge in [-0.25, -0.2) is 8.42 Å². The van der Waals surface area contributed by atoms with Crippen molar-refractivity contribution in [2.75, 3.05) is 39.7 Å². The first-order chi connectivity index (χ1) is 15.4. The van der Waals surface area contributed by atoms with Crippen LogP contribution in [0.1, 0.15) is 31.2 Å². The third-order valence-electron chi connectivity index (χ3n) is 5.49. The summed E-state index contributed by atoms with van der Waals surface area (Å²) in [6.45, 7) is 1.03. The summed E-state index contributed by atoms with van der Waals surface area (Å²) in [5.74, 6) is 1.38. The highest BCUT2D eigenvalue weighted by Crippen LogP contribution is 2.31. The number of methoxy groups -OCH3 is 3. The zero-order valence-corrected chi connectivity index (χ0v) is 19.5. The number of carbonyl (C=O) groups is 1. The Balaban J connectivity index is 1.72. The van der Waals surface area contributed by atoms with Gasteiger partial charge in [0.1, 0.15) is 5.75 Å². The SMILES string of the molecule is COc1ccc(S(=O)(=O)N2CCCCC2)cc1NC(=O)CCc1ccc(OC)c(OC)c1. The van der Waals surface area contributed by atoms with E-state index in [0.29, 0.717) is 42.4 Å². The van der Waals surface area contributed by atoms with E-state index in [-0.39, 0.29) is 17.2 Å². The maximum absolute atomic E-state index is 13.0. The summed E-state index contributed by atoms with van der Waals surface area (Å²) < 4.78 is 43.4. The van der Waals surface area contributed by atoms with Gasteiger partial charge in [0.15, 0.2) is 11.5 Å². The number of nitrogens with zero attached hydrogens (tertiary/aromatic N) is 1. The smallest absolute Gasteiger partial charge is 0.243 e. The molecule has 0 spiro atoms. The van der Waals surface area contributed by atoms with Gasteiger partial charge in [0, 0.05) is 19.5 Å². The van der Waals surface area contributed by atoms with Gasteiger partial charge in [-0.2, -0.15) is 4.31 Å². The highest BCUT2D eigenvalue weighted by atomic mass is 32.2. The minimum absolute atomic E-state index is 0.149. The lowest BCUT2D eigenvalue weighted by molar-refractivity contribution is -0.116. The molecule has 2 aromatic rings. The van der Waals surface area contributed by atoms with Crippen molar-refractivity contribution >= 4 is 21.6 Å². The molecule has 0 unspecified atom stereocenters. The molecule has 0 saturated carbocycles. The summed E-state index contributed by atoms with van der Waals surface area (Å²) in [7, 11) is 0.994. The van der Waals surface area contributed by atoms with Gasteiger partial charge in [-0.3, -0.25) is 4.79 Å². The zero-order chi connectivity index (χ0) is 23.1. The minimum Gasteiger partial charge on any atom is -0.495 e. The van der Waals surface area contributed by atoms with Gasteiger partial charge in [-0.05, 0) is 55.2 Å². The molecule has 0 aliphatic carbocycles. The number of aryl methyl sites for hydroxylation is 1. The molecule has 8 nitrogen and oxygen atoms in total. The molecule has 1 saturated heterocycles. The van der Waals surface area contributed by atoms with Crippen molar-refractivity contribution in [2.24, 2.45) is 0 Å². The van der Waals surface area contributed by atoms with E-state index in [9.17, 15) is 13.2 Å².